The lowest BCUT2D eigenvalue weighted by molar-refractivity contribution is -0.384. The van der Waals surface area contributed by atoms with E-state index < -0.39 is 34.6 Å². The molecule has 0 aromatic heterocycles. The highest BCUT2D eigenvalue weighted by Gasteiger charge is 2.65. The molecule has 0 unspecified atom stereocenters. The molecule has 0 saturated heterocycles. The van der Waals surface area contributed by atoms with Gasteiger partial charge in [0, 0.05) is 49.8 Å². The molecule has 3 aliphatic rings. The topological polar surface area (TPSA) is 162 Å². The molecular formula is C58H62FN3O10. The van der Waals surface area contributed by atoms with E-state index in [1.54, 1.807) is 41.3 Å². The minimum absolute atomic E-state index is 0.00932. The summed E-state index contributed by atoms with van der Waals surface area (Å²) in [5.74, 6) is -1.37. The number of allylic oxidation sites excluding steroid dienone is 1. The Morgan fingerprint density at radius 3 is 2.25 bits per heavy atom. The zero-order valence-corrected chi connectivity index (χ0v) is 40.4. The number of unbranched alkanes of at least 4 members (excludes halogenated alkanes) is 2. The maximum absolute atomic E-state index is 14.8. The van der Waals surface area contributed by atoms with Crippen molar-refractivity contribution < 1.29 is 48.1 Å². The van der Waals surface area contributed by atoms with E-state index >= 15 is 0 Å². The van der Waals surface area contributed by atoms with Gasteiger partial charge in [-0.05, 0) is 126 Å². The van der Waals surface area contributed by atoms with Crippen LogP contribution >= 0.6 is 0 Å². The van der Waals surface area contributed by atoms with Gasteiger partial charge in [-0.25, -0.2) is 9.18 Å². The van der Waals surface area contributed by atoms with Gasteiger partial charge in [-0.3, -0.25) is 15.0 Å². The third-order valence-electron chi connectivity index (χ3n) is 13.8. The lowest BCUT2D eigenvalue weighted by Crippen LogP contribution is -2.70. The van der Waals surface area contributed by atoms with Gasteiger partial charge in [-0.1, -0.05) is 90.8 Å². The van der Waals surface area contributed by atoms with Crippen LogP contribution in [0.25, 0.3) is 11.1 Å². The highest BCUT2D eigenvalue weighted by atomic mass is 19.1. The van der Waals surface area contributed by atoms with Gasteiger partial charge in [0.25, 0.3) is 5.69 Å². The van der Waals surface area contributed by atoms with Crippen molar-refractivity contribution >= 4 is 17.5 Å². The molecule has 0 spiro atoms. The van der Waals surface area contributed by atoms with Gasteiger partial charge in [-0.2, -0.15) is 0 Å². The van der Waals surface area contributed by atoms with Crippen LogP contribution in [0.2, 0.25) is 0 Å². The summed E-state index contributed by atoms with van der Waals surface area (Å²) < 4.78 is 41.5. The van der Waals surface area contributed by atoms with Crippen LogP contribution in [-0.4, -0.2) is 70.1 Å². The Kier molecular flexibility index (Phi) is 17.3. The van der Waals surface area contributed by atoms with Crippen LogP contribution in [0.4, 0.5) is 14.9 Å². The maximum atomic E-state index is 14.8. The molecule has 2 aliphatic carbocycles. The van der Waals surface area contributed by atoms with Crippen LogP contribution in [0.3, 0.4) is 0 Å². The van der Waals surface area contributed by atoms with Gasteiger partial charge in [0.05, 0.1) is 29.8 Å². The molecule has 6 atom stereocenters. The van der Waals surface area contributed by atoms with Gasteiger partial charge in [0.15, 0.2) is 0 Å². The number of carbonyl (C=O) groups excluding carboxylic acids is 1. The van der Waals surface area contributed by atoms with E-state index in [2.05, 4.69) is 31.4 Å². The van der Waals surface area contributed by atoms with E-state index in [0.717, 1.165) is 47.9 Å². The second-order valence-corrected chi connectivity index (χ2v) is 18.4. The number of ether oxygens (including phenoxy) is 4. The van der Waals surface area contributed by atoms with E-state index in [9.17, 15) is 29.5 Å². The quantitative estimate of drug-likeness (QED) is 0.0263. The van der Waals surface area contributed by atoms with E-state index in [-0.39, 0.29) is 69.4 Å². The number of oxime groups is 1. The Labute approximate surface area is 420 Å². The molecule has 5 aromatic rings. The van der Waals surface area contributed by atoms with Crippen molar-refractivity contribution in [2.75, 3.05) is 26.4 Å². The van der Waals surface area contributed by atoms with Crippen molar-refractivity contribution in [3.05, 3.63) is 191 Å². The number of hydrogen-bond donors (Lipinski definition) is 2. The summed E-state index contributed by atoms with van der Waals surface area (Å²) >= 11 is 0. The highest BCUT2D eigenvalue weighted by molar-refractivity contribution is 6.03. The fourth-order valence-electron chi connectivity index (χ4n) is 10.5. The fourth-order valence-corrected chi connectivity index (χ4v) is 10.5. The van der Waals surface area contributed by atoms with Gasteiger partial charge in [0.1, 0.15) is 35.7 Å². The maximum Gasteiger partial charge on any atom is 0.410 e. The Morgan fingerprint density at radius 1 is 0.861 bits per heavy atom. The number of benzene rings is 5. The summed E-state index contributed by atoms with van der Waals surface area (Å²) in [6.45, 7) is 7.98. The zero-order valence-electron chi connectivity index (χ0n) is 40.4. The number of aliphatic hydroxyl groups excluding tert-OH is 2. The SMILES string of the molecule is C=CCCOC(=O)N(Cc1ccc(F)cc1)[C@H]1CC(=NOCc2ccc([N+](=O)[O-])cc2)C2=C[C@H](CCCCO)[C@@H](CCCCO)[C@@H]3c4cc(Oc5ccc(-c6ccccc6)cc5)ccc4O[C@@]1(OCC=C)[C@H]23. The zero-order chi connectivity index (χ0) is 50.5. The van der Waals surface area contributed by atoms with Crippen LogP contribution in [-0.2, 0) is 27.5 Å². The van der Waals surface area contributed by atoms with Crippen LogP contribution in [0.5, 0.6) is 17.2 Å². The molecule has 0 bridgehead atoms. The van der Waals surface area contributed by atoms with E-state index in [0.29, 0.717) is 53.3 Å². The van der Waals surface area contributed by atoms with Crippen LogP contribution in [0.1, 0.15) is 74.0 Å². The molecule has 1 fully saturated rings. The number of nitro groups is 1. The standard InChI is InChI=1S/C58H62FN3O10/c1-3-5-34-68-57(65)61(38-40-17-23-45(59)24-18-40)54-37-52(60-70-39-41-19-25-46(26-20-41)62(66)67)50-35-44(15-9-11-31-63)49(16-10-12-32-64)55-51-36-48(29-30-53(51)72-58(54,56(50)55)69-33-4-2)71-47-27-21-43(22-28-47)42-13-7-6-8-14-42/h3-4,6-8,13-14,17-30,35-36,44,49,54-56,63-64H,1-2,5,9-12,15-16,31-34,37-39H2/t44-,49+,54-,55+,56+,58+/m0/s1. The lowest BCUT2D eigenvalue weighted by Gasteiger charge is -2.59. The number of nitrogens with zero attached hydrogens (tertiary/aromatic N) is 3. The van der Waals surface area contributed by atoms with Crippen molar-refractivity contribution in [2.45, 2.75) is 82.3 Å². The summed E-state index contributed by atoms with van der Waals surface area (Å²) in [6.07, 6.45) is 9.49. The van der Waals surface area contributed by atoms with E-state index in [1.807, 2.05) is 60.7 Å². The molecule has 14 heteroatoms. The molecule has 1 amide bonds. The second kappa shape index (κ2) is 24.3. The van der Waals surface area contributed by atoms with Crippen molar-refractivity contribution in [3.8, 4) is 28.4 Å². The van der Waals surface area contributed by atoms with E-state index in [1.165, 1.54) is 24.3 Å². The predicted octanol–water partition coefficient (Wildman–Crippen LogP) is 12.2. The van der Waals surface area contributed by atoms with Crippen LogP contribution in [0.15, 0.2) is 163 Å². The fraction of sp³-hybridized carbons (Fsp3) is 0.345. The molecule has 1 aliphatic heterocycles. The summed E-state index contributed by atoms with van der Waals surface area (Å²) in [7, 11) is 0. The second-order valence-electron chi connectivity index (χ2n) is 18.4. The van der Waals surface area contributed by atoms with Crippen molar-refractivity contribution in [1.29, 1.82) is 0 Å². The Bertz CT molecular complexity index is 2700. The predicted molar refractivity (Wildman–Crippen MR) is 273 cm³/mol. The Morgan fingerprint density at radius 2 is 1.56 bits per heavy atom. The minimum Gasteiger partial charge on any atom is -0.459 e. The van der Waals surface area contributed by atoms with Crippen molar-refractivity contribution in [1.82, 2.24) is 4.90 Å². The van der Waals surface area contributed by atoms with Crippen LogP contribution < -0.4 is 9.47 Å². The molecule has 5 aromatic carbocycles. The first-order chi connectivity index (χ1) is 35.2. The first-order valence-corrected chi connectivity index (χ1v) is 24.7. The summed E-state index contributed by atoms with van der Waals surface area (Å²) in [4.78, 5) is 33.5. The molecule has 0 radical (unpaired) electrons. The van der Waals surface area contributed by atoms with E-state index in [4.69, 9.17) is 28.9 Å². The van der Waals surface area contributed by atoms with Gasteiger partial charge >= 0.3 is 6.09 Å². The minimum atomic E-state index is -1.60. The summed E-state index contributed by atoms with van der Waals surface area (Å²) in [5, 5.41) is 36.4. The Hall–Kier alpha value is -7.13. The molecule has 13 nitrogen and oxygen atoms in total. The van der Waals surface area contributed by atoms with Gasteiger partial charge in [0.2, 0.25) is 5.79 Å². The molecule has 2 N–H and O–H groups in total. The largest absolute Gasteiger partial charge is 0.459 e. The first-order valence-electron chi connectivity index (χ1n) is 24.7. The average Bonchev–Trinajstić information content (AvgIpc) is 3.40. The normalized spacial score (nSPS) is 21.3. The first kappa shape index (κ1) is 51.2. The number of fused-ring (bicyclic) bond motifs is 2. The number of halogens is 1. The van der Waals surface area contributed by atoms with Gasteiger partial charge < -0.3 is 34.0 Å². The monoisotopic (exact) mass is 979 g/mol. The highest BCUT2D eigenvalue weighted by Crippen LogP contribution is 2.62. The number of non-ortho nitro benzene ring substituents is 1. The van der Waals surface area contributed by atoms with Crippen LogP contribution in [0, 0.1) is 33.7 Å². The smallest absolute Gasteiger partial charge is 0.410 e. The number of carbonyl (C=O) groups is 1. The summed E-state index contributed by atoms with van der Waals surface area (Å²) in [6, 6.07) is 34.9. The molecular weight excluding hydrogens is 918 g/mol. The Balaban J connectivity index is 1.30. The third kappa shape index (κ3) is 11.8. The number of amides is 1. The van der Waals surface area contributed by atoms with Crippen molar-refractivity contribution in [3.63, 3.8) is 0 Å². The summed E-state index contributed by atoms with van der Waals surface area (Å²) in [5.41, 5.74) is 5.59. The molecule has 72 heavy (non-hydrogen) atoms. The molecule has 8 rings (SSSR count). The number of nitro benzene ring substituents is 1. The van der Waals surface area contributed by atoms with Gasteiger partial charge in [-0.15, -0.1) is 13.2 Å². The number of aliphatic hydroxyl groups is 2. The number of rotatable bonds is 24. The number of hydrogen-bond acceptors (Lipinski definition) is 11. The third-order valence-corrected chi connectivity index (χ3v) is 13.8. The molecule has 1 heterocycles. The lowest BCUT2D eigenvalue weighted by atomic mass is 9.55. The molecule has 376 valence electrons. The average molecular weight is 980 g/mol. The van der Waals surface area contributed by atoms with Crippen molar-refractivity contribution in [2.24, 2.45) is 22.9 Å². The molecule has 1 saturated carbocycles.